The number of hydrogen-bond donors (Lipinski definition) is 1. The minimum absolute atomic E-state index is 0.164. The average molecular weight is 380 g/mol. The number of methoxy groups -OCH3 is 1. The van der Waals surface area contributed by atoms with Gasteiger partial charge in [-0.15, -0.1) is 0 Å². The van der Waals surface area contributed by atoms with Crippen molar-refractivity contribution in [3.63, 3.8) is 0 Å². The molecule has 0 spiro atoms. The predicted octanol–water partition coefficient (Wildman–Crippen LogP) is 4.10. The molecule has 1 aromatic heterocycles. The second kappa shape index (κ2) is 8.27. The number of fused-ring (bicyclic) bond motifs is 1. The molecule has 3 rings (SSSR count). The van der Waals surface area contributed by atoms with Crippen molar-refractivity contribution in [3.05, 3.63) is 59.9 Å². The fourth-order valence-electron chi connectivity index (χ4n) is 3.04. The molecule has 0 aliphatic heterocycles. The minimum Gasteiger partial charge on any atom is -0.497 e. The Kier molecular flexibility index (Phi) is 5.80. The summed E-state index contributed by atoms with van der Waals surface area (Å²) in [6, 6.07) is 14.6. The molecule has 1 unspecified atom stereocenters. The van der Waals surface area contributed by atoms with Gasteiger partial charge in [0.2, 0.25) is 5.91 Å². The van der Waals surface area contributed by atoms with Crippen LogP contribution in [0, 0.1) is 0 Å². The van der Waals surface area contributed by atoms with Crippen LogP contribution in [0.2, 0.25) is 0 Å². The molecule has 0 bridgehead atoms. The van der Waals surface area contributed by atoms with Gasteiger partial charge in [-0.1, -0.05) is 24.3 Å². The molecular formula is C22H24N2O4. The van der Waals surface area contributed by atoms with E-state index in [4.69, 9.17) is 9.15 Å². The Labute approximate surface area is 164 Å². The monoisotopic (exact) mass is 380 g/mol. The molecule has 3 aromatic rings. The van der Waals surface area contributed by atoms with E-state index in [1.54, 1.807) is 13.2 Å². The van der Waals surface area contributed by atoms with E-state index >= 15 is 0 Å². The molecular weight excluding hydrogens is 356 g/mol. The molecule has 0 aliphatic carbocycles. The van der Waals surface area contributed by atoms with Crippen LogP contribution in [0.5, 0.6) is 5.75 Å². The molecule has 0 saturated carbocycles. The van der Waals surface area contributed by atoms with Gasteiger partial charge in [0.05, 0.1) is 18.8 Å². The van der Waals surface area contributed by atoms with Gasteiger partial charge in [-0.2, -0.15) is 0 Å². The van der Waals surface area contributed by atoms with Gasteiger partial charge < -0.3 is 14.5 Å². The van der Waals surface area contributed by atoms with Crippen LogP contribution in [0.1, 0.15) is 30.0 Å². The molecule has 0 fully saturated rings. The molecule has 6 nitrogen and oxygen atoms in total. The predicted molar refractivity (Wildman–Crippen MR) is 109 cm³/mol. The fourth-order valence-corrected chi connectivity index (χ4v) is 3.04. The number of para-hydroxylation sites is 1. The summed E-state index contributed by atoms with van der Waals surface area (Å²) in [6.07, 6.45) is 0. The second-order valence-corrected chi connectivity index (χ2v) is 6.79. The Hall–Kier alpha value is -3.12. The number of nitrogens with zero attached hydrogens (tertiary/aromatic N) is 1. The number of ether oxygens (including phenoxy) is 1. The second-order valence-electron chi connectivity index (χ2n) is 6.79. The summed E-state index contributed by atoms with van der Waals surface area (Å²) in [6.45, 7) is 3.83. The van der Waals surface area contributed by atoms with E-state index in [1.807, 2.05) is 61.3 Å². The summed E-state index contributed by atoms with van der Waals surface area (Å²) in [5, 5.41) is 3.60. The molecule has 0 radical (unpaired) electrons. The highest BCUT2D eigenvalue weighted by atomic mass is 16.5. The van der Waals surface area contributed by atoms with Crippen LogP contribution in [0.3, 0.4) is 0 Å². The third-order valence-electron chi connectivity index (χ3n) is 4.77. The summed E-state index contributed by atoms with van der Waals surface area (Å²) in [4.78, 5) is 26.7. The van der Waals surface area contributed by atoms with E-state index in [9.17, 15) is 9.59 Å². The van der Waals surface area contributed by atoms with Gasteiger partial charge in [-0.3, -0.25) is 14.5 Å². The van der Waals surface area contributed by atoms with Crippen LogP contribution in [0.4, 0.5) is 5.69 Å². The van der Waals surface area contributed by atoms with Crippen LogP contribution in [0.25, 0.3) is 11.0 Å². The summed E-state index contributed by atoms with van der Waals surface area (Å²) >= 11 is 0. The largest absolute Gasteiger partial charge is 0.497 e. The lowest BCUT2D eigenvalue weighted by Gasteiger charge is -2.24. The average Bonchev–Trinajstić information content (AvgIpc) is 3.06. The zero-order valence-corrected chi connectivity index (χ0v) is 16.5. The Morgan fingerprint density at radius 1 is 1.18 bits per heavy atom. The SMILES string of the molecule is COc1cccc(CN(C)C(C)C(=O)Nc2c(C(C)=O)oc3ccccc23)c1. The molecule has 6 heteroatoms. The van der Waals surface area contributed by atoms with Crippen LogP contribution in [-0.4, -0.2) is 36.8 Å². The van der Waals surface area contributed by atoms with Crippen molar-refractivity contribution in [1.82, 2.24) is 4.90 Å². The highest BCUT2D eigenvalue weighted by Gasteiger charge is 2.24. The summed E-state index contributed by atoms with van der Waals surface area (Å²) in [5.74, 6) is 0.500. The lowest BCUT2D eigenvalue weighted by Crippen LogP contribution is -2.39. The summed E-state index contributed by atoms with van der Waals surface area (Å²) in [5.41, 5.74) is 2.04. The first-order valence-corrected chi connectivity index (χ1v) is 9.07. The first-order valence-electron chi connectivity index (χ1n) is 9.07. The van der Waals surface area contributed by atoms with Gasteiger partial charge in [-0.05, 0) is 43.8 Å². The molecule has 28 heavy (non-hydrogen) atoms. The maximum absolute atomic E-state index is 12.9. The third kappa shape index (κ3) is 4.07. The van der Waals surface area contributed by atoms with E-state index in [2.05, 4.69) is 5.32 Å². The topological polar surface area (TPSA) is 71.8 Å². The van der Waals surface area contributed by atoms with Crippen molar-refractivity contribution in [2.75, 3.05) is 19.5 Å². The van der Waals surface area contributed by atoms with Gasteiger partial charge in [0, 0.05) is 18.9 Å². The maximum atomic E-state index is 12.9. The van der Waals surface area contributed by atoms with Gasteiger partial charge >= 0.3 is 0 Å². The number of hydrogen-bond acceptors (Lipinski definition) is 5. The highest BCUT2D eigenvalue weighted by Crippen LogP contribution is 2.31. The van der Waals surface area contributed by atoms with Crippen molar-refractivity contribution in [3.8, 4) is 5.75 Å². The number of carbonyl (C=O) groups is 2. The van der Waals surface area contributed by atoms with E-state index < -0.39 is 6.04 Å². The first-order chi connectivity index (χ1) is 13.4. The molecule has 1 heterocycles. The van der Waals surface area contributed by atoms with Gasteiger partial charge in [-0.25, -0.2) is 0 Å². The number of anilines is 1. The van der Waals surface area contributed by atoms with Crippen LogP contribution in [0.15, 0.2) is 52.9 Å². The van der Waals surface area contributed by atoms with Crippen LogP contribution >= 0.6 is 0 Å². The standard InChI is InChI=1S/C22H24N2O4/c1-14(24(3)13-16-8-7-9-17(12-16)27-4)22(26)23-20-18-10-5-6-11-19(18)28-21(20)15(2)25/h5-12,14H,13H2,1-4H3,(H,23,26). The molecule has 2 aromatic carbocycles. The van der Waals surface area contributed by atoms with E-state index in [-0.39, 0.29) is 17.5 Å². The lowest BCUT2D eigenvalue weighted by atomic mass is 10.1. The number of amides is 1. The number of likely N-dealkylation sites (N-methyl/N-ethyl adjacent to an activating group) is 1. The number of carbonyl (C=O) groups excluding carboxylic acids is 2. The van der Waals surface area contributed by atoms with Crippen LogP contribution < -0.4 is 10.1 Å². The quantitative estimate of drug-likeness (QED) is 0.625. The molecule has 1 atom stereocenters. The van der Waals surface area contributed by atoms with Crippen LogP contribution in [-0.2, 0) is 11.3 Å². The first kappa shape index (κ1) is 19.6. The number of rotatable bonds is 7. The number of ketones is 1. The Bertz CT molecular complexity index is 1010. The highest BCUT2D eigenvalue weighted by molar-refractivity contribution is 6.11. The number of Topliss-reactive ketones (excluding diaryl/α,β-unsaturated/α-hetero) is 1. The smallest absolute Gasteiger partial charge is 0.241 e. The maximum Gasteiger partial charge on any atom is 0.241 e. The van der Waals surface area contributed by atoms with E-state index in [0.29, 0.717) is 23.2 Å². The fraction of sp³-hybridized carbons (Fsp3) is 0.273. The summed E-state index contributed by atoms with van der Waals surface area (Å²) < 4.78 is 10.9. The van der Waals surface area contributed by atoms with Crippen molar-refractivity contribution >= 4 is 28.3 Å². The van der Waals surface area contributed by atoms with Gasteiger partial charge in [0.25, 0.3) is 0 Å². The van der Waals surface area contributed by atoms with Crippen molar-refractivity contribution in [2.45, 2.75) is 26.4 Å². The Morgan fingerprint density at radius 3 is 2.64 bits per heavy atom. The third-order valence-corrected chi connectivity index (χ3v) is 4.77. The van der Waals surface area contributed by atoms with Crippen molar-refractivity contribution in [1.29, 1.82) is 0 Å². The molecule has 0 saturated heterocycles. The van der Waals surface area contributed by atoms with Crippen molar-refractivity contribution < 1.29 is 18.7 Å². The van der Waals surface area contributed by atoms with Crippen molar-refractivity contribution in [2.24, 2.45) is 0 Å². The van der Waals surface area contributed by atoms with E-state index in [0.717, 1.165) is 11.3 Å². The number of furan rings is 1. The molecule has 146 valence electrons. The number of nitrogens with one attached hydrogen (secondary N) is 1. The minimum atomic E-state index is -0.417. The Morgan fingerprint density at radius 2 is 1.93 bits per heavy atom. The zero-order valence-electron chi connectivity index (χ0n) is 16.5. The lowest BCUT2D eigenvalue weighted by molar-refractivity contribution is -0.120. The van der Waals surface area contributed by atoms with E-state index in [1.165, 1.54) is 6.92 Å². The summed E-state index contributed by atoms with van der Waals surface area (Å²) in [7, 11) is 3.50. The normalized spacial score (nSPS) is 12.2. The molecule has 1 amide bonds. The molecule has 0 aliphatic rings. The zero-order chi connectivity index (χ0) is 20.3. The van der Waals surface area contributed by atoms with Gasteiger partial charge in [0.1, 0.15) is 11.3 Å². The molecule has 1 N–H and O–H groups in total. The Balaban J connectivity index is 1.78. The van der Waals surface area contributed by atoms with Gasteiger partial charge in [0.15, 0.2) is 11.5 Å². The number of benzene rings is 2.